The van der Waals surface area contributed by atoms with E-state index in [1.54, 1.807) is 24.4 Å². The van der Waals surface area contributed by atoms with E-state index in [2.05, 4.69) is 5.32 Å². The predicted molar refractivity (Wildman–Crippen MR) is 105 cm³/mol. The molecule has 0 fully saturated rings. The Morgan fingerprint density at radius 1 is 1.04 bits per heavy atom. The maximum absolute atomic E-state index is 12.5. The summed E-state index contributed by atoms with van der Waals surface area (Å²) in [6.07, 6.45) is 1.55. The summed E-state index contributed by atoms with van der Waals surface area (Å²) < 4.78 is 1.51. The van der Waals surface area contributed by atoms with Crippen molar-refractivity contribution in [2.45, 2.75) is 13.5 Å². The first-order valence-corrected chi connectivity index (χ1v) is 8.70. The highest BCUT2D eigenvalue weighted by atomic mass is 35.5. The van der Waals surface area contributed by atoms with Crippen LogP contribution in [0, 0.1) is 6.92 Å². The van der Waals surface area contributed by atoms with Crippen molar-refractivity contribution in [3.05, 3.63) is 97.9 Å². The highest BCUT2D eigenvalue weighted by molar-refractivity contribution is 6.42. The summed E-state index contributed by atoms with van der Waals surface area (Å²) in [5.74, 6) is -0.332. The first-order valence-electron chi connectivity index (χ1n) is 7.95. The predicted octanol–water partition coefficient (Wildman–Crippen LogP) is 4.76. The zero-order valence-electron chi connectivity index (χ0n) is 14.0. The lowest BCUT2D eigenvalue weighted by Gasteiger charge is -2.10. The molecule has 1 heterocycles. The number of aromatic nitrogens is 1. The van der Waals surface area contributed by atoms with Crippen LogP contribution in [0.3, 0.4) is 0 Å². The van der Waals surface area contributed by atoms with Crippen molar-refractivity contribution in [2.75, 3.05) is 5.32 Å². The number of rotatable bonds is 4. The van der Waals surface area contributed by atoms with Crippen molar-refractivity contribution in [3.63, 3.8) is 0 Å². The van der Waals surface area contributed by atoms with Gasteiger partial charge in [0, 0.05) is 18.0 Å². The molecule has 4 nitrogen and oxygen atoms in total. The van der Waals surface area contributed by atoms with Crippen LogP contribution in [-0.4, -0.2) is 10.5 Å². The molecular weight excluding hydrogens is 371 g/mol. The SMILES string of the molecule is Cc1cccc(Cn2cc(C(=O)Nc3ccc(Cl)c(Cl)c3)ccc2=O)c1. The number of aryl methyl sites for hydroxylation is 1. The molecule has 0 aliphatic heterocycles. The highest BCUT2D eigenvalue weighted by Crippen LogP contribution is 2.25. The smallest absolute Gasteiger partial charge is 0.257 e. The first-order chi connectivity index (χ1) is 12.4. The molecule has 0 saturated heterocycles. The van der Waals surface area contributed by atoms with Crippen LogP contribution < -0.4 is 10.9 Å². The lowest BCUT2D eigenvalue weighted by molar-refractivity contribution is 0.102. The van der Waals surface area contributed by atoms with Crippen LogP contribution in [0.2, 0.25) is 10.0 Å². The number of hydrogen-bond donors (Lipinski definition) is 1. The van der Waals surface area contributed by atoms with Gasteiger partial charge in [0.05, 0.1) is 22.2 Å². The molecule has 1 amide bonds. The Labute approximate surface area is 161 Å². The molecule has 0 radical (unpaired) electrons. The number of amides is 1. The molecular formula is C20H16Cl2N2O2. The molecule has 2 aromatic carbocycles. The monoisotopic (exact) mass is 386 g/mol. The van der Waals surface area contributed by atoms with Crippen molar-refractivity contribution < 1.29 is 4.79 Å². The van der Waals surface area contributed by atoms with Crippen molar-refractivity contribution >= 4 is 34.8 Å². The van der Waals surface area contributed by atoms with E-state index in [4.69, 9.17) is 23.2 Å². The van der Waals surface area contributed by atoms with E-state index in [-0.39, 0.29) is 11.5 Å². The summed E-state index contributed by atoms with van der Waals surface area (Å²) in [6.45, 7) is 2.39. The molecule has 0 atom stereocenters. The Hall–Kier alpha value is -2.56. The zero-order valence-corrected chi connectivity index (χ0v) is 15.5. The molecule has 26 heavy (non-hydrogen) atoms. The zero-order chi connectivity index (χ0) is 18.7. The van der Waals surface area contributed by atoms with Crippen LogP contribution >= 0.6 is 23.2 Å². The molecule has 0 bridgehead atoms. The van der Waals surface area contributed by atoms with Gasteiger partial charge in [-0.15, -0.1) is 0 Å². The molecule has 3 aromatic rings. The van der Waals surface area contributed by atoms with Crippen LogP contribution in [0.1, 0.15) is 21.5 Å². The van der Waals surface area contributed by atoms with Gasteiger partial charge in [-0.1, -0.05) is 53.0 Å². The minimum atomic E-state index is -0.332. The number of nitrogens with zero attached hydrogens (tertiary/aromatic N) is 1. The maximum Gasteiger partial charge on any atom is 0.257 e. The van der Waals surface area contributed by atoms with Gasteiger partial charge in [-0.2, -0.15) is 0 Å². The minimum Gasteiger partial charge on any atom is -0.322 e. The number of benzene rings is 2. The van der Waals surface area contributed by atoms with Crippen molar-refractivity contribution in [2.24, 2.45) is 0 Å². The molecule has 0 unspecified atom stereocenters. The number of pyridine rings is 1. The van der Waals surface area contributed by atoms with Crippen molar-refractivity contribution in [1.82, 2.24) is 4.57 Å². The average Bonchev–Trinajstić information content (AvgIpc) is 2.60. The van der Waals surface area contributed by atoms with E-state index in [1.807, 2.05) is 31.2 Å². The number of carbonyl (C=O) groups is 1. The van der Waals surface area contributed by atoms with E-state index >= 15 is 0 Å². The largest absolute Gasteiger partial charge is 0.322 e. The summed E-state index contributed by atoms with van der Waals surface area (Å²) in [5.41, 5.74) is 2.85. The van der Waals surface area contributed by atoms with Gasteiger partial charge in [-0.3, -0.25) is 9.59 Å². The fourth-order valence-corrected chi connectivity index (χ4v) is 2.87. The summed E-state index contributed by atoms with van der Waals surface area (Å²) in [7, 11) is 0. The Morgan fingerprint density at radius 3 is 2.58 bits per heavy atom. The molecule has 3 rings (SSSR count). The number of hydrogen-bond acceptors (Lipinski definition) is 2. The minimum absolute atomic E-state index is 0.169. The number of anilines is 1. The second-order valence-corrected chi connectivity index (χ2v) is 6.77. The summed E-state index contributed by atoms with van der Waals surface area (Å²) in [4.78, 5) is 24.6. The number of carbonyl (C=O) groups excluding carboxylic acids is 1. The normalized spacial score (nSPS) is 10.6. The van der Waals surface area contributed by atoms with E-state index in [0.29, 0.717) is 27.8 Å². The van der Waals surface area contributed by atoms with Crippen molar-refractivity contribution in [1.29, 1.82) is 0 Å². The third-order valence-corrected chi connectivity index (χ3v) is 4.60. The lowest BCUT2D eigenvalue weighted by atomic mass is 10.1. The van der Waals surface area contributed by atoms with Gasteiger partial charge in [-0.25, -0.2) is 0 Å². The summed E-state index contributed by atoms with van der Waals surface area (Å²) in [6, 6.07) is 15.6. The van der Waals surface area contributed by atoms with Crippen LogP contribution in [0.4, 0.5) is 5.69 Å². The molecule has 0 aliphatic rings. The average molecular weight is 387 g/mol. The van der Waals surface area contributed by atoms with Gasteiger partial charge < -0.3 is 9.88 Å². The fourth-order valence-electron chi connectivity index (χ4n) is 2.57. The van der Waals surface area contributed by atoms with E-state index < -0.39 is 0 Å². The fraction of sp³-hybridized carbons (Fsp3) is 0.100. The van der Waals surface area contributed by atoms with E-state index in [0.717, 1.165) is 11.1 Å². The summed E-state index contributed by atoms with van der Waals surface area (Å²) >= 11 is 11.8. The molecule has 6 heteroatoms. The Bertz CT molecular complexity index is 1030. The standard InChI is InChI=1S/C20H16Cl2N2O2/c1-13-3-2-4-14(9-13)11-24-12-15(5-8-19(24)25)20(26)23-16-6-7-17(21)18(22)10-16/h2-10,12H,11H2,1H3,(H,23,26). The molecule has 1 aromatic heterocycles. The van der Waals surface area contributed by atoms with E-state index in [9.17, 15) is 9.59 Å². The topological polar surface area (TPSA) is 51.1 Å². The quantitative estimate of drug-likeness (QED) is 0.702. The molecule has 1 N–H and O–H groups in total. The van der Waals surface area contributed by atoms with Gasteiger partial charge in [0.25, 0.3) is 11.5 Å². The first kappa shape index (κ1) is 18.2. The van der Waals surface area contributed by atoms with Crippen LogP contribution in [0.15, 0.2) is 65.6 Å². The molecule has 132 valence electrons. The number of halogens is 2. The third kappa shape index (κ3) is 4.34. The molecule has 0 aliphatic carbocycles. The Balaban J connectivity index is 1.83. The van der Waals surface area contributed by atoms with Crippen molar-refractivity contribution in [3.8, 4) is 0 Å². The van der Waals surface area contributed by atoms with Gasteiger partial charge >= 0.3 is 0 Å². The van der Waals surface area contributed by atoms with Crippen LogP contribution in [0.25, 0.3) is 0 Å². The lowest BCUT2D eigenvalue weighted by Crippen LogP contribution is -2.22. The second kappa shape index (κ2) is 7.77. The second-order valence-electron chi connectivity index (χ2n) is 5.96. The van der Waals surface area contributed by atoms with Gasteiger partial charge in [0.2, 0.25) is 0 Å². The van der Waals surface area contributed by atoms with E-state index in [1.165, 1.54) is 16.7 Å². The highest BCUT2D eigenvalue weighted by Gasteiger charge is 2.10. The van der Waals surface area contributed by atoms with Crippen LogP contribution in [-0.2, 0) is 6.54 Å². The maximum atomic E-state index is 12.5. The van der Waals surface area contributed by atoms with Gasteiger partial charge in [0.15, 0.2) is 0 Å². The van der Waals surface area contributed by atoms with Gasteiger partial charge in [0.1, 0.15) is 0 Å². The molecule has 0 spiro atoms. The number of nitrogens with one attached hydrogen (secondary N) is 1. The Kier molecular flexibility index (Phi) is 5.45. The Morgan fingerprint density at radius 2 is 1.85 bits per heavy atom. The van der Waals surface area contributed by atoms with Crippen LogP contribution in [0.5, 0.6) is 0 Å². The third-order valence-electron chi connectivity index (χ3n) is 3.86. The summed E-state index contributed by atoms with van der Waals surface area (Å²) in [5, 5.41) is 3.52. The van der Waals surface area contributed by atoms with Gasteiger partial charge in [-0.05, 0) is 36.8 Å². The molecule has 0 saturated carbocycles.